The van der Waals surface area contributed by atoms with Crippen LogP contribution in [0.25, 0.3) is 11.4 Å². The van der Waals surface area contributed by atoms with E-state index in [0.29, 0.717) is 17.2 Å². The third kappa shape index (κ3) is 5.61. The van der Waals surface area contributed by atoms with Crippen LogP contribution >= 0.6 is 12.2 Å². The van der Waals surface area contributed by atoms with Gasteiger partial charge in [0.2, 0.25) is 5.95 Å². The summed E-state index contributed by atoms with van der Waals surface area (Å²) >= 11 is 5.18. The van der Waals surface area contributed by atoms with E-state index in [-0.39, 0.29) is 11.0 Å². The Morgan fingerprint density at radius 1 is 0.719 bits per heavy atom. The van der Waals surface area contributed by atoms with Gasteiger partial charge >= 0.3 is 0 Å². The lowest BCUT2D eigenvalue weighted by Crippen LogP contribution is -2.43. The van der Waals surface area contributed by atoms with Crippen LogP contribution in [-0.2, 0) is 0 Å². The highest BCUT2D eigenvalue weighted by molar-refractivity contribution is 7.80. The minimum atomic E-state index is -0.317. The first kappa shape index (κ1) is 20.9. The standard InChI is InChI=1S/C23H19N7OS/c31-21(29-30-23(32)27-17-6-2-1-3-7-17)16-9-11-18(12-10-16)26-22-25-15-13-20(28-22)19-8-4-5-14-24-19/h1-15H,(H,29,31)(H,25,26,28)(H2,27,30,32). The molecule has 8 nitrogen and oxygen atoms in total. The van der Waals surface area contributed by atoms with E-state index in [4.69, 9.17) is 12.2 Å². The number of aromatic nitrogens is 3. The highest BCUT2D eigenvalue weighted by atomic mass is 32.1. The van der Waals surface area contributed by atoms with Gasteiger partial charge in [-0.1, -0.05) is 24.3 Å². The van der Waals surface area contributed by atoms with Gasteiger partial charge in [-0.05, 0) is 66.8 Å². The van der Waals surface area contributed by atoms with Gasteiger partial charge in [0.25, 0.3) is 5.91 Å². The third-order valence-corrected chi connectivity index (χ3v) is 4.51. The minimum absolute atomic E-state index is 0.285. The van der Waals surface area contributed by atoms with Crippen molar-refractivity contribution < 1.29 is 4.79 Å². The number of hydrazine groups is 1. The lowest BCUT2D eigenvalue weighted by atomic mass is 10.2. The molecular formula is C23H19N7OS. The number of nitrogens with zero attached hydrogens (tertiary/aromatic N) is 3. The molecule has 2 aromatic heterocycles. The summed E-state index contributed by atoms with van der Waals surface area (Å²) in [5.74, 6) is 0.117. The van der Waals surface area contributed by atoms with E-state index in [9.17, 15) is 4.79 Å². The number of pyridine rings is 1. The Morgan fingerprint density at radius 3 is 2.25 bits per heavy atom. The summed E-state index contributed by atoms with van der Waals surface area (Å²) in [7, 11) is 0. The molecule has 2 heterocycles. The fourth-order valence-electron chi connectivity index (χ4n) is 2.78. The number of carbonyl (C=O) groups is 1. The summed E-state index contributed by atoms with van der Waals surface area (Å²) < 4.78 is 0. The average Bonchev–Trinajstić information content (AvgIpc) is 2.84. The monoisotopic (exact) mass is 441 g/mol. The molecule has 9 heteroatoms. The molecule has 0 aliphatic heterocycles. The van der Waals surface area contributed by atoms with Crippen molar-refractivity contribution in [3.8, 4) is 11.4 Å². The van der Waals surface area contributed by atoms with Gasteiger partial charge < -0.3 is 10.6 Å². The maximum atomic E-state index is 12.4. The summed E-state index contributed by atoms with van der Waals surface area (Å²) in [4.78, 5) is 25.4. The van der Waals surface area contributed by atoms with Crippen LogP contribution in [0.15, 0.2) is 91.3 Å². The highest BCUT2D eigenvalue weighted by Crippen LogP contribution is 2.18. The van der Waals surface area contributed by atoms with Gasteiger partial charge in [0, 0.05) is 29.3 Å². The van der Waals surface area contributed by atoms with Gasteiger partial charge in [-0.15, -0.1) is 0 Å². The Hall–Kier alpha value is -4.37. The number of benzene rings is 2. The smallest absolute Gasteiger partial charge is 0.269 e. The summed E-state index contributed by atoms with van der Waals surface area (Å²) in [6.45, 7) is 0. The van der Waals surface area contributed by atoms with Crippen molar-refractivity contribution in [3.05, 3.63) is 96.8 Å². The number of carbonyl (C=O) groups excluding carboxylic acids is 1. The van der Waals surface area contributed by atoms with Gasteiger partial charge in [-0.2, -0.15) is 0 Å². The van der Waals surface area contributed by atoms with E-state index in [1.54, 1.807) is 42.7 Å². The Kier molecular flexibility index (Phi) is 6.59. The fraction of sp³-hybridized carbons (Fsp3) is 0. The van der Waals surface area contributed by atoms with Crippen molar-refractivity contribution in [2.75, 3.05) is 10.6 Å². The molecule has 32 heavy (non-hydrogen) atoms. The molecule has 0 atom stereocenters. The van der Waals surface area contributed by atoms with E-state index in [0.717, 1.165) is 17.1 Å². The molecule has 0 saturated heterocycles. The molecule has 1 amide bonds. The maximum Gasteiger partial charge on any atom is 0.269 e. The number of anilines is 3. The Labute approximate surface area is 190 Å². The normalized spacial score (nSPS) is 10.1. The van der Waals surface area contributed by atoms with Crippen molar-refractivity contribution in [1.82, 2.24) is 25.8 Å². The van der Waals surface area contributed by atoms with Crippen LogP contribution in [0.2, 0.25) is 0 Å². The molecule has 0 saturated carbocycles. The minimum Gasteiger partial charge on any atom is -0.331 e. The van der Waals surface area contributed by atoms with Crippen LogP contribution in [-0.4, -0.2) is 26.0 Å². The molecule has 2 aromatic carbocycles. The lowest BCUT2D eigenvalue weighted by Gasteiger charge is -2.12. The molecule has 0 radical (unpaired) electrons. The molecule has 4 N–H and O–H groups in total. The summed E-state index contributed by atoms with van der Waals surface area (Å²) in [5.41, 5.74) is 8.76. The topological polar surface area (TPSA) is 104 Å². The van der Waals surface area contributed by atoms with Crippen molar-refractivity contribution in [3.63, 3.8) is 0 Å². The number of para-hydroxylation sites is 1. The quantitative estimate of drug-likeness (QED) is 0.273. The van der Waals surface area contributed by atoms with E-state index in [1.165, 1.54) is 0 Å². The average molecular weight is 442 g/mol. The molecule has 0 aliphatic carbocycles. The molecule has 158 valence electrons. The van der Waals surface area contributed by atoms with Gasteiger partial charge in [-0.25, -0.2) is 9.97 Å². The molecule has 0 unspecified atom stereocenters. The Morgan fingerprint density at radius 2 is 1.50 bits per heavy atom. The van der Waals surface area contributed by atoms with Crippen molar-refractivity contribution in [1.29, 1.82) is 0 Å². The summed E-state index contributed by atoms with van der Waals surface area (Å²) in [6.07, 6.45) is 3.38. The van der Waals surface area contributed by atoms with Crippen LogP contribution in [0.4, 0.5) is 17.3 Å². The fourth-order valence-corrected chi connectivity index (χ4v) is 2.95. The molecule has 0 aliphatic rings. The van der Waals surface area contributed by atoms with Crippen LogP contribution in [0.3, 0.4) is 0 Å². The van der Waals surface area contributed by atoms with Crippen molar-refractivity contribution in [2.45, 2.75) is 0 Å². The third-order valence-electron chi connectivity index (χ3n) is 4.31. The van der Waals surface area contributed by atoms with Gasteiger partial charge in [0.15, 0.2) is 5.11 Å². The second-order valence-electron chi connectivity index (χ2n) is 6.58. The van der Waals surface area contributed by atoms with E-state index >= 15 is 0 Å². The van der Waals surface area contributed by atoms with Gasteiger partial charge in [0.05, 0.1) is 11.4 Å². The van der Waals surface area contributed by atoms with Crippen LogP contribution in [0.1, 0.15) is 10.4 Å². The number of rotatable bonds is 5. The Balaban J connectivity index is 1.33. The van der Waals surface area contributed by atoms with Gasteiger partial charge in [0.1, 0.15) is 0 Å². The number of thiocarbonyl (C=S) groups is 1. The number of nitrogens with one attached hydrogen (secondary N) is 4. The van der Waals surface area contributed by atoms with E-state index in [1.807, 2.05) is 48.5 Å². The summed E-state index contributed by atoms with van der Waals surface area (Å²) in [5, 5.41) is 6.39. The molecule has 4 aromatic rings. The largest absolute Gasteiger partial charge is 0.331 e. The zero-order chi connectivity index (χ0) is 22.2. The first-order chi connectivity index (χ1) is 15.7. The second kappa shape index (κ2) is 10.1. The van der Waals surface area contributed by atoms with Crippen molar-refractivity contribution >= 4 is 40.6 Å². The van der Waals surface area contributed by atoms with Crippen molar-refractivity contribution in [2.24, 2.45) is 0 Å². The highest BCUT2D eigenvalue weighted by Gasteiger charge is 2.07. The molecule has 4 rings (SSSR count). The Bertz CT molecular complexity index is 1200. The number of amides is 1. The molecular weight excluding hydrogens is 422 g/mol. The van der Waals surface area contributed by atoms with Crippen LogP contribution < -0.4 is 21.5 Å². The SMILES string of the molecule is O=C(NNC(=S)Nc1ccccc1)c1ccc(Nc2nccc(-c3ccccn3)n2)cc1. The summed E-state index contributed by atoms with van der Waals surface area (Å²) in [6, 6.07) is 23.8. The zero-order valence-electron chi connectivity index (χ0n) is 16.8. The number of hydrogen-bond acceptors (Lipinski definition) is 6. The zero-order valence-corrected chi connectivity index (χ0v) is 17.6. The first-order valence-corrected chi connectivity index (χ1v) is 10.1. The molecule has 0 bridgehead atoms. The van der Waals surface area contributed by atoms with Crippen LogP contribution in [0.5, 0.6) is 0 Å². The van der Waals surface area contributed by atoms with E-state index < -0.39 is 0 Å². The molecule has 0 fully saturated rings. The number of hydrogen-bond donors (Lipinski definition) is 4. The maximum absolute atomic E-state index is 12.4. The predicted octanol–water partition coefficient (Wildman–Crippen LogP) is 3.91. The van der Waals surface area contributed by atoms with Crippen LogP contribution in [0, 0.1) is 0 Å². The molecule has 0 spiro atoms. The lowest BCUT2D eigenvalue weighted by molar-refractivity contribution is 0.0944. The first-order valence-electron chi connectivity index (χ1n) is 9.71. The van der Waals surface area contributed by atoms with E-state index in [2.05, 4.69) is 36.4 Å². The van der Waals surface area contributed by atoms with Gasteiger partial charge in [-0.3, -0.25) is 20.6 Å². The second-order valence-corrected chi connectivity index (χ2v) is 6.99. The predicted molar refractivity (Wildman–Crippen MR) is 128 cm³/mol.